The Balaban J connectivity index is 1.73. The second-order valence-electron chi connectivity index (χ2n) is 5.96. The molecule has 2 heterocycles. The average molecular weight is 380 g/mol. The number of aromatic carboxylic acids is 1. The summed E-state index contributed by atoms with van der Waals surface area (Å²) in [4.78, 5) is 14.4. The van der Waals surface area contributed by atoms with E-state index in [1.54, 1.807) is 11.3 Å². The van der Waals surface area contributed by atoms with Gasteiger partial charge in [-0.2, -0.15) is 0 Å². The predicted molar refractivity (Wildman–Crippen MR) is 96.5 cm³/mol. The van der Waals surface area contributed by atoms with Crippen molar-refractivity contribution in [3.8, 4) is 0 Å². The molecule has 2 N–H and O–H groups in total. The van der Waals surface area contributed by atoms with Gasteiger partial charge in [-0.3, -0.25) is 4.90 Å². The second-order valence-corrected chi connectivity index (χ2v) is 8.70. The van der Waals surface area contributed by atoms with Gasteiger partial charge in [0.15, 0.2) is 0 Å². The van der Waals surface area contributed by atoms with Gasteiger partial charge in [-0.05, 0) is 61.6 Å². The maximum absolute atomic E-state index is 12.5. The summed E-state index contributed by atoms with van der Waals surface area (Å²) in [6, 6.07) is 9.27. The Hall–Kier alpha value is -1.74. The van der Waals surface area contributed by atoms with Gasteiger partial charge in [0.1, 0.15) is 0 Å². The lowest BCUT2D eigenvalue weighted by Crippen LogP contribution is -2.36. The lowest BCUT2D eigenvalue weighted by molar-refractivity contribution is 0.0696. The third-order valence-electron chi connectivity index (χ3n) is 4.33. The zero-order valence-corrected chi connectivity index (χ0v) is 15.2. The van der Waals surface area contributed by atoms with E-state index in [2.05, 4.69) is 9.62 Å². The minimum atomic E-state index is -3.68. The van der Waals surface area contributed by atoms with Gasteiger partial charge in [-0.15, -0.1) is 11.3 Å². The molecule has 6 nitrogen and oxygen atoms in total. The molecule has 3 rings (SSSR count). The highest BCUT2D eigenvalue weighted by molar-refractivity contribution is 7.89. The van der Waals surface area contributed by atoms with E-state index >= 15 is 0 Å². The highest BCUT2D eigenvalue weighted by Crippen LogP contribution is 2.28. The fraction of sp³-hybridized carbons (Fsp3) is 0.353. The molecular weight excluding hydrogens is 360 g/mol. The van der Waals surface area contributed by atoms with Crippen LogP contribution in [0.15, 0.2) is 46.7 Å². The van der Waals surface area contributed by atoms with E-state index in [-0.39, 0.29) is 16.5 Å². The SMILES string of the molecule is O=C(O)c1ccc(S(=O)(=O)NC[C@H](c2cccs2)N2CCCC2)cc1. The third kappa shape index (κ3) is 4.27. The Morgan fingerprint density at radius 3 is 2.44 bits per heavy atom. The van der Waals surface area contributed by atoms with Crippen LogP contribution in [-0.2, 0) is 10.0 Å². The minimum absolute atomic E-state index is 0.0237. The standard InChI is InChI=1S/C17H20N2O4S2/c20-17(21)13-5-7-14(8-6-13)25(22,23)18-12-15(16-4-3-11-24-16)19-9-1-2-10-19/h3-8,11,15,18H,1-2,9-10,12H2,(H,20,21)/t15-/m1/s1. The molecule has 1 atom stereocenters. The van der Waals surface area contributed by atoms with Gasteiger partial charge < -0.3 is 5.11 Å². The Kier molecular flexibility index (Phi) is 5.53. The van der Waals surface area contributed by atoms with E-state index in [1.165, 1.54) is 24.3 Å². The van der Waals surface area contributed by atoms with Gasteiger partial charge in [-0.25, -0.2) is 17.9 Å². The van der Waals surface area contributed by atoms with E-state index in [4.69, 9.17) is 5.11 Å². The van der Waals surface area contributed by atoms with E-state index in [0.29, 0.717) is 6.54 Å². The zero-order valence-electron chi connectivity index (χ0n) is 13.6. The molecule has 1 saturated heterocycles. The molecule has 1 aromatic carbocycles. The lowest BCUT2D eigenvalue weighted by atomic mass is 10.2. The molecule has 0 unspecified atom stereocenters. The molecule has 0 amide bonds. The molecule has 0 saturated carbocycles. The molecular formula is C17H20N2O4S2. The first kappa shape index (κ1) is 18.1. The summed E-state index contributed by atoms with van der Waals surface area (Å²) in [5.74, 6) is -1.08. The summed E-state index contributed by atoms with van der Waals surface area (Å²) in [5, 5.41) is 10.9. The molecule has 8 heteroatoms. The van der Waals surface area contributed by atoms with Crippen molar-refractivity contribution >= 4 is 27.3 Å². The summed E-state index contributed by atoms with van der Waals surface area (Å²) < 4.78 is 27.7. The normalized spacial score (nSPS) is 16.8. The largest absolute Gasteiger partial charge is 0.478 e. The van der Waals surface area contributed by atoms with Crippen LogP contribution in [0.1, 0.15) is 34.1 Å². The number of benzene rings is 1. The Bertz CT molecular complexity index is 811. The molecule has 0 radical (unpaired) electrons. The average Bonchev–Trinajstić information content (AvgIpc) is 3.29. The zero-order chi connectivity index (χ0) is 17.9. The topological polar surface area (TPSA) is 86.7 Å². The molecule has 0 bridgehead atoms. The van der Waals surface area contributed by atoms with E-state index in [0.717, 1.165) is 30.8 Å². The quantitative estimate of drug-likeness (QED) is 0.771. The number of carbonyl (C=O) groups is 1. The van der Waals surface area contributed by atoms with Crippen LogP contribution in [0.2, 0.25) is 0 Å². The Labute approximate surface area is 151 Å². The summed E-state index contributed by atoms with van der Waals surface area (Å²) >= 11 is 1.63. The highest BCUT2D eigenvalue weighted by Gasteiger charge is 2.26. The first-order valence-corrected chi connectivity index (χ1v) is 10.4. The van der Waals surface area contributed by atoms with Gasteiger partial charge in [0, 0.05) is 11.4 Å². The molecule has 0 spiro atoms. The van der Waals surface area contributed by atoms with E-state index in [9.17, 15) is 13.2 Å². The molecule has 2 aromatic rings. The number of likely N-dealkylation sites (tertiary alicyclic amines) is 1. The van der Waals surface area contributed by atoms with Gasteiger partial charge in [0.25, 0.3) is 0 Å². The summed E-state index contributed by atoms with van der Waals surface area (Å²) in [6.07, 6.45) is 2.26. The number of thiophene rings is 1. The van der Waals surface area contributed by atoms with Crippen molar-refractivity contribution in [2.75, 3.05) is 19.6 Å². The molecule has 1 aliphatic heterocycles. The second kappa shape index (κ2) is 7.65. The van der Waals surface area contributed by atoms with E-state index < -0.39 is 16.0 Å². The van der Waals surface area contributed by atoms with Crippen LogP contribution < -0.4 is 4.72 Å². The Morgan fingerprint density at radius 1 is 1.20 bits per heavy atom. The Morgan fingerprint density at radius 2 is 1.88 bits per heavy atom. The third-order valence-corrected chi connectivity index (χ3v) is 6.74. The number of hydrogen-bond donors (Lipinski definition) is 2. The van der Waals surface area contributed by atoms with Crippen molar-refractivity contribution in [2.24, 2.45) is 0 Å². The van der Waals surface area contributed by atoms with Gasteiger partial charge >= 0.3 is 5.97 Å². The molecule has 1 aliphatic rings. The molecule has 25 heavy (non-hydrogen) atoms. The van der Waals surface area contributed by atoms with Crippen LogP contribution in [-0.4, -0.2) is 44.0 Å². The van der Waals surface area contributed by atoms with Crippen molar-refractivity contribution in [1.29, 1.82) is 0 Å². The van der Waals surface area contributed by atoms with Crippen molar-refractivity contribution in [3.63, 3.8) is 0 Å². The summed E-state index contributed by atoms with van der Waals surface area (Å²) in [5.41, 5.74) is 0.0625. The lowest BCUT2D eigenvalue weighted by Gasteiger charge is -2.26. The van der Waals surface area contributed by atoms with Crippen LogP contribution in [0.3, 0.4) is 0 Å². The maximum atomic E-state index is 12.5. The van der Waals surface area contributed by atoms with Crippen molar-refractivity contribution in [2.45, 2.75) is 23.8 Å². The van der Waals surface area contributed by atoms with Crippen molar-refractivity contribution in [1.82, 2.24) is 9.62 Å². The van der Waals surface area contributed by atoms with Gasteiger partial charge in [0.05, 0.1) is 16.5 Å². The fourth-order valence-corrected chi connectivity index (χ4v) is 4.89. The number of nitrogens with zero attached hydrogens (tertiary/aromatic N) is 1. The minimum Gasteiger partial charge on any atom is -0.478 e. The maximum Gasteiger partial charge on any atom is 0.335 e. The number of carboxylic acids is 1. The number of rotatable bonds is 7. The number of sulfonamides is 1. The number of nitrogens with one attached hydrogen (secondary N) is 1. The monoisotopic (exact) mass is 380 g/mol. The van der Waals surface area contributed by atoms with E-state index in [1.807, 2.05) is 17.5 Å². The van der Waals surface area contributed by atoms with Crippen LogP contribution in [0, 0.1) is 0 Å². The molecule has 1 fully saturated rings. The molecule has 1 aromatic heterocycles. The molecule has 0 aliphatic carbocycles. The van der Waals surface area contributed by atoms with Crippen LogP contribution in [0.25, 0.3) is 0 Å². The summed E-state index contributed by atoms with van der Waals surface area (Å²) in [7, 11) is -3.68. The van der Waals surface area contributed by atoms with Crippen LogP contribution in [0.5, 0.6) is 0 Å². The number of hydrogen-bond acceptors (Lipinski definition) is 5. The number of carboxylic acid groups (broad SMARTS) is 1. The van der Waals surface area contributed by atoms with Crippen molar-refractivity contribution < 1.29 is 18.3 Å². The smallest absolute Gasteiger partial charge is 0.335 e. The van der Waals surface area contributed by atoms with Gasteiger partial charge in [-0.1, -0.05) is 6.07 Å². The summed E-state index contributed by atoms with van der Waals surface area (Å²) in [6.45, 7) is 2.23. The first-order chi connectivity index (χ1) is 12.0. The predicted octanol–water partition coefficient (Wildman–Crippen LogP) is 2.56. The van der Waals surface area contributed by atoms with Crippen LogP contribution >= 0.6 is 11.3 Å². The van der Waals surface area contributed by atoms with Gasteiger partial charge in [0.2, 0.25) is 10.0 Å². The highest BCUT2D eigenvalue weighted by atomic mass is 32.2. The first-order valence-electron chi connectivity index (χ1n) is 8.08. The van der Waals surface area contributed by atoms with Crippen LogP contribution in [0.4, 0.5) is 0 Å². The van der Waals surface area contributed by atoms with Crippen molar-refractivity contribution in [3.05, 3.63) is 52.2 Å². The fourth-order valence-electron chi connectivity index (χ4n) is 2.99. The molecule has 134 valence electrons.